The number of hydrogen-bond donors (Lipinski definition) is 8. The Balaban J connectivity index is 0.000000143. The number of carbonyl (C=O) groups excluding carboxylic acids is 16. The van der Waals surface area contributed by atoms with Crippen LogP contribution in [0.15, 0.2) is 182 Å². The van der Waals surface area contributed by atoms with Gasteiger partial charge >= 0.3 is 6.18 Å². The summed E-state index contributed by atoms with van der Waals surface area (Å²) in [5.41, 5.74) is 42.5. The van der Waals surface area contributed by atoms with E-state index in [1.165, 1.54) is 111 Å². The van der Waals surface area contributed by atoms with Gasteiger partial charge in [-0.2, -0.15) is 13.2 Å². The van der Waals surface area contributed by atoms with Crippen LogP contribution in [-0.4, -0.2) is 128 Å². The maximum atomic E-state index is 14.2. The summed E-state index contributed by atoms with van der Waals surface area (Å²) in [5.74, 6) is -20.5. The van der Waals surface area contributed by atoms with Gasteiger partial charge in [0.2, 0.25) is 35.4 Å². The van der Waals surface area contributed by atoms with Crippen LogP contribution in [0.4, 0.5) is 104 Å². The average molecular weight is 1780 g/mol. The number of benzene rings is 8. The molecule has 16 rings (SSSR count). The molecule has 8 aliphatic heterocycles. The summed E-state index contributed by atoms with van der Waals surface area (Å²) in [6.45, 7) is 16.8. The maximum absolute atomic E-state index is 14.2. The van der Waals surface area contributed by atoms with Crippen molar-refractivity contribution in [2.45, 2.75) is 89.8 Å². The van der Waals surface area contributed by atoms with E-state index in [2.05, 4.69) is 39.3 Å². The summed E-state index contributed by atoms with van der Waals surface area (Å²) in [6.07, 6.45) is -5.94. The highest BCUT2D eigenvalue weighted by molar-refractivity contribution is 6.90. The van der Waals surface area contributed by atoms with Gasteiger partial charge in [0, 0.05) is 45.5 Å². The first-order valence-electron chi connectivity index (χ1n) is 38.7. The molecule has 8 aromatic rings. The van der Waals surface area contributed by atoms with Crippen LogP contribution >= 0.6 is 23.2 Å². The number of nitrogens with two attached hydrogens (primary N) is 8. The van der Waals surface area contributed by atoms with E-state index < -0.39 is 173 Å². The predicted molar refractivity (Wildman–Crippen MR) is 468 cm³/mol. The second-order valence-electron chi connectivity index (χ2n) is 33.4. The standard InChI is InChI=1S/C25H32N4O4Si2.C21H17F3N4O4.C21H20N4O4.C19H14Cl2N4O4/c1-34(2,3)19-11-15(7-9-17(19)26)28-21(30)13-25(23(28)32)14-22(31)29(24(25)33)16-8-10-18(27)20(12-16)35(4,5)6;1-10-16(29)27(13-6-2-11(25)3-7-13)18(31)20(10)15(21(22,23)24)17(30)28(19(20)32)14-8-4-12(26)5-9-14;1-11-17(26)24(15-7-3-13(22)4-8-15)19(28)21(11)12(2)18(27)25(20(21)29)16-9-5-14(23)6-10-16;20-13-15(26)24(11-5-1-9(22)2-6-11)17(28)19(13)14(21)16(27)25(18(19)29)12-7-3-10(23)4-8-12/h7-12H,13-14,26-27H2,1-6H3;2-10,15H,25-26H2,1H3;3-12H,22-23H2,1-2H3;1-8,13-14H,22-23H2/t;10?,15-,20-;11-,12?,21?;13-,14?,19?/m.000/s1. The quantitative estimate of drug-likeness (QED) is 0.0219. The van der Waals surface area contributed by atoms with E-state index in [9.17, 15) is 89.9 Å². The smallest absolute Gasteiger partial charge is 0.399 e. The van der Waals surface area contributed by atoms with Crippen LogP contribution < -0.4 is 95.4 Å². The number of nitrogen functional groups attached to an aromatic ring is 8. The van der Waals surface area contributed by atoms with Gasteiger partial charge in [-0.25, -0.2) is 39.2 Å². The Bertz CT molecular complexity index is 5550. The normalized spacial score (nSPS) is 24.2. The molecule has 0 radical (unpaired) electrons. The molecule has 8 saturated heterocycles. The number of carbonyl (C=O) groups is 16. The van der Waals surface area contributed by atoms with E-state index in [-0.39, 0.29) is 41.3 Å². The van der Waals surface area contributed by atoms with Crippen LogP contribution in [0.2, 0.25) is 39.3 Å². The molecule has 0 bridgehead atoms. The van der Waals surface area contributed by atoms with Crippen LogP contribution in [0.3, 0.4) is 0 Å². The Morgan fingerprint density at radius 3 is 0.760 bits per heavy atom. The molecular formula is C86H83Cl2F3N16O16Si2. The van der Waals surface area contributed by atoms with Gasteiger partial charge < -0.3 is 45.9 Å². The summed E-state index contributed by atoms with van der Waals surface area (Å²) < 4.78 is 42.5. The molecule has 125 heavy (non-hydrogen) atoms. The molecule has 9 atom stereocenters. The van der Waals surface area contributed by atoms with Crippen molar-refractivity contribution < 1.29 is 89.9 Å². The zero-order valence-corrected chi connectivity index (χ0v) is 71.8. The molecule has 39 heteroatoms. The lowest BCUT2D eigenvalue weighted by Crippen LogP contribution is -2.51. The molecule has 16 amide bonds. The third kappa shape index (κ3) is 13.9. The monoisotopic (exact) mass is 1780 g/mol. The molecule has 0 saturated carbocycles. The number of anilines is 16. The molecule has 0 aliphatic carbocycles. The Morgan fingerprint density at radius 2 is 0.512 bits per heavy atom. The molecule has 646 valence electrons. The summed E-state index contributed by atoms with van der Waals surface area (Å²) in [7, 11) is -3.72. The predicted octanol–water partition coefficient (Wildman–Crippen LogP) is 7.31. The van der Waals surface area contributed by atoms with Gasteiger partial charge in [-0.15, -0.1) is 23.2 Å². The fraction of sp³-hybridized carbons (Fsp3) is 0.256. The Kier molecular flexibility index (Phi) is 22.4. The van der Waals surface area contributed by atoms with Gasteiger partial charge in [-0.05, 0) is 192 Å². The van der Waals surface area contributed by atoms with Gasteiger partial charge in [-0.1, -0.05) is 60.1 Å². The SMILES string of the molecule is CC1C(=O)N(c2ccc(N)cc2)C(=O)C12C(=O)N(c1ccc(N)cc1)C(=O)[C@@H]2C.CC1C(=O)N(c2ccc(N)cc2)C(=O)[C@]12C(=O)N(c1ccc(N)cc1)C(=O)[C@@H]2C(F)(F)F.C[Si](C)(C)c1cc(N2C(=O)CC3(CC(=O)N(c4ccc(N)c([Si](C)(C)C)c4)C3=O)C2=O)ccc1N.Nc1ccc(N2C(=O)C(Cl)C3(C2=O)C(=O)N(c2ccc(N)cc2)C(=O)[C@@H]3Cl)cc1. The summed E-state index contributed by atoms with van der Waals surface area (Å²) in [6, 6.07) is 44.6. The van der Waals surface area contributed by atoms with E-state index >= 15 is 0 Å². The number of hydrogen-bond acceptors (Lipinski definition) is 24. The summed E-state index contributed by atoms with van der Waals surface area (Å²) in [4.78, 5) is 218. The molecule has 8 fully saturated rings. The Labute approximate surface area is 723 Å². The highest BCUT2D eigenvalue weighted by atomic mass is 35.5. The molecule has 4 spiro atoms. The van der Waals surface area contributed by atoms with Crippen LogP contribution in [0, 0.1) is 45.3 Å². The van der Waals surface area contributed by atoms with E-state index in [0.29, 0.717) is 72.4 Å². The first kappa shape index (κ1) is 88.9. The van der Waals surface area contributed by atoms with Gasteiger partial charge in [0.1, 0.15) is 16.2 Å². The third-order valence-electron chi connectivity index (χ3n) is 23.8. The topological polar surface area (TPSA) is 507 Å². The van der Waals surface area contributed by atoms with Crippen molar-refractivity contribution in [1.29, 1.82) is 0 Å². The number of alkyl halides is 5. The third-order valence-corrected chi connectivity index (χ3v) is 29.0. The minimum atomic E-state index is -5.27. The number of nitrogens with zero attached hydrogens (tertiary/aromatic N) is 8. The van der Waals surface area contributed by atoms with Crippen LogP contribution in [0.25, 0.3) is 0 Å². The molecule has 5 unspecified atom stereocenters. The minimum absolute atomic E-state index is 0.0509. The number of rotatable bonds is 10. The van der Waals surface area contributed by atoms with Crippen molar-refractivity contribution in [2.24, 2.45) is 45.3 Å². The lowest BCUT2D eigenvalue weighted by atomic mass is 9.69. The highest BCUT2D eigenvalue weighted by Crippen LogP contribution is 2.59. The lowest BCUT2D eigenvalue weighted by Gasteiger charge is -2.28. The second-order valence-corrected chi connectivity index (χ2v) is 44.4. The van der Waals surface area contributed by atoms with E-state index in [1.54, 1.807) is 84.9 Å². The number of imide groups is 8. The summed E-state index contributed by atoms with van der Waals surface area (Å²) >= 11 is 12.6. The highest BCUT2D eigenvalue weighted by Gasteiger charge is 2.80. The second kappa shape index (κ2) is 31.5. The number of amides is 16. The molecule has 16 N–H and O–H groups in total. The summed E-state index contributed by atoms with van der Waals surface area (Å²) in [5, 5.41) is -1.45. The molecule has 8 heterocycles. The Morgan fingerprint density at radius 1 is 0.296 bits per heavy atom. The molecule has 8 aromatic carbocycles. The van der Waals surface area contributed by atoms with E-state index in [0.717, 1.165) is 46.7 Å². The van der Waals surface area contributed by atoms with Crippen molar-refractivity contribution in [3.8, 4) is 0 Å². The average Bonchev–Trinajstić information content (AvgIpc) is 1.53. The van der Waals surface area contributed by atoms with E-state index in [1.807, 2.05) is 0 Å². The zero-order chi connectivity index (χ0) is 91.8. The molecule has 32 nitrogen and oxygen atoms in total. The van der Waals surface area contributed by atoms with Gasteiger partial charge in [-0.3, -0.25) is 76.7 Å². The van der Waals surface area contributed by atoms with Crippen molar-refractivity contribution in [3.05, 3.63) is 182 Å². The minimum Gasteiger partial charge on any atom is -0.399 e. The fourth-order valence-corrected chi connectivity index (χ4v) is 21.2. The van der Waals surface area contributed by atoms with Crippen molar-refractivity contribution in [2.75, 3.05) is 85.1 Å². The zero-order valence-electron chi connectivity index (χ0n) is 68.3. The van der Waals surface area contributed by atoms with E-state index in [4.69, 9.17) is 69.1 Å². The fourth-order valence-electron chi connectivity index (χ4n) is 17.2. The van der Waals surface area contributed by atoms with Crippen LogP contribution in [0.1, 0.15) is 33.6 Å². The Hall–Kier alpha value is -13.9. The maximum Gasteiger partial charge on any atom is 0.402 e. The first-order chi connectivity index (χ1) is 58.4. The van der Waals surface area contributed by atoms with Gasteiger partial charge in [0.25, 0.3) is 59.1 Å². The largest absolute Gasteiger partial charge is 0.402 e. The van der Waals surface area contributed by atoms with Gasteiger partial charge in [0.15, 0.2) is 22.2 Å². The first-order valence-corrected chi connectivity index (χ1v) is 46.6. The van der Waals surface area contributed by atoms with Crippen molar-refractivity contribution in [1.82, 2.24) is 0 Å². The van der Waals surface area contributed by atoms with Crippen molar-refractivity contribution in [3.63, 3.8) is 0 Å². The van der Waals surface area contributed by atoms with Crippen molar-refractivity contribution >= 4 is 235 Å². The molecule has 8 aliphatic rings. The van der Waals surface area contributed by atoms with Gasteiger partial charge in [0.05, 0.1) is 92.2 Å². The van der Waals surface area contributed by atoms with Crippen LogP contribution in [-0.2, 0) is 76.7 Å². The molecular weight excluding hydrogens is 1700 g/mol. The van der Waals surface area contributed by atoms with Crippen LogP contribution in [0.5, 0.6) is 0 Å². The lowest BCUT2D eigenvalue weighted by molar-refractivity contribution is -0.203. The number of halogens is 5. The molecule has 0 aromatic heterocycles.